The van der Waals surface area contributed by atoms with Crippen molar-refractivity contribution in [3.05, 3.63) is 45.7 Å². The number of likely N-dealkylation sites (N-methyl/N-ethyl adjacent to an activating group) is 2. The molecule has 63 heavy (non-hydrogen) atoms. The van der Waals surface area contributed by atoms with Crippen LogP contribution in [0.2, 0.25) is 0 Å². The molecule has 2 aromatic carbocycles. The van der Waals surface area contributed by atoms with Gasteiger partial charge in [-0.05, 0) is 145 Å². The average Bonchev–Trinajstić information content (AvgIpc) is 3.24. The number of hydrogen-bond donors (Lipinski definition) is 12. The molecule has 5 atom stereocenters. The Kier molecular flexibility index (Phi) is 25.1. The van der Waals surface area contributed by atoms with E-state index in [0.717, 1.165) is 9.80 Å². The van der Waals surface area contributed by atoms with Crippen molar-refractivity contribution in [2.75, 3.05) is 70.8 Å². The highest BCUT2D eigenvalue weighted by Gasteiger charge is 2.33. The van der Waals surface area contributed by atoms with E-state index in [-0.39, 0.29) is 76.7 Å². The SMILES string of the molecule is CCCC(CCCNC(=O)c1c(I)c(NC(=O)C(O)CO)c(I)c(C(=O)N(C)CC(O)CO)c1I)NC(=O)c1c(C)c(NC(=O)C(O)CO)c(I)c(C(=O)N(C)CC(O)CO)c1I. The summed E-state index contributed by atoms with van der Waals surface area (Å²) in [6, 6.07) is -0.461. The van der Waals surface area contributed by atoms with Gasteiger partial charge in [-0.25, -0.2) is 0 Å². The highest BCUT2D eigenvalue weighted by atomic mass is 127. The normalized spacial score (nSPS) is 13.6. The summed E-state index contributed by atoms with van der Waals surface area (Å²) in [5.41, 5.74) is 0.390. The van der Waals surface area contributed by atoms with Gasteiger partial charge in [-0.1, -0.05) is 13.3 Å². The smallest absolute Gasteiger partial charge is 0.255 e. The number of anilines is 2. The molecule has 12 N–H and O–H groups in total. The zero-order valence-electron chi connectivity index (χ0n) is 34.5. The number of nitrogens with one attached hydrogen (secondary N) is 4. The van der Waals surface area contributed by atoms with Crippen molar-refractivity contribution in [3.63, 3.8) is 0 Å². The first-order chi connectivity index (χ1) is 29.5. The number of rotatable bonds is 23. The minimum absolute atomic E-state index is 0.000920. The summed E-state index contributed by atoms with van der Waals surface area (Å²) < 4.78 is 1.09. The van der Waals surface area contributed by atoms with Crippen molar-refractivity contribution >= 4 is 160 Å². The molecule has 0 aromatic heterocycles. The van der Waals surface area contributed by atoms with Gasteiger partial charge in [-0.2, -0.15) is 0 Å². The van der Waals surface area contributed by atoms with Crippen LogP contribution in [0, 0.1) is 24.8 Å². The molecular weight excluding hydrogens is 1400 g/mol. The lowest BCUT2D eigenvalue weighted by atomic mass is 9.99. The van der Waals surface area contributed by atoms with Gasteiger partial charge in [0.1, 0.15) is 0 Å². The molecule has 0 bridgehead atoms. The molecule has 0 fully saturated rings. The van der Waals surface area contributed by atoms with Crippen molar-refractivity contribution in [2.24, 2.45) is 0 Å². The molecule has 5 unspecified atom stereocenters. The first kappa shape index (κ1) is 57.7. The third-order valence-corrected chi connectivity index (χ3v) is 14.7. The topological polar surface area (TPSA) is 319 Å². The zero-order valence-corrected chi connectivity index (χ0v) is 45.3. The van der Waals surface area contributed by atoms with Gasteiger partial charge in [0.15, 0.2) is 12.2 Å². The van der Waals surface area contributed by atoms with Gasteiger partial charge in [-0.3, -0.25) is 28.8 Å². The van der Waals surface area contributed by atoms with Crippen LogP contribution in [0.4, 0.5) is 11.4 Å². The van der Waals surface area contributed by atoms with Crippen LogP contribution in [0.5, 0.6) is 0 Å². The highest BCUT2D eigenvalue weighted by Crippen LogP contribution is 2.37. The van der Waals surface area contributed by atoms with Crippen LogP contribution < -0.4 is 21.3 Å². The molecule has 0 aliphatic heterocycles. The summed E-state index contributed by atoms with van der Waals surface area (Å²) >= 11 is 9.17. The van der Waals surface area contributed by atoms with E-state index in [9.17, 15) is 69.6 Å². The third kappa shape index (κ3) is 15.3. The van der Waals surface area contributed by atoms with E-state index in [1.807, 2.05) is 120 Å². The summed E-state index contributed by atoms with van der Waals surface area (Å²) in [6.07, 6.45) is -4.30. The Bertz CT molecular complexity index is 2010. The molecule has 2 aromatic rings. The minimum atomic E-state index is -1.80. The number of halogens is 5. The van der Waals surface area contributed by atoms with Crippen molar-refractivity contribution in [1.29, 1.82) is 0 Å². The summed E-state index contributed by atoms with van der Waals surface area (Å²) in [7, 11) is 2.78. The molecule has 0 aliphatic carbocycles. The Morgan fingerprint density at radius 2 is 1.02 bits per heavy atom. The van der Waals surface area contributed by atoms with E-state index in [1.165, 1.54) is 14.1 Å². The van der Waals surface area contributed by atoms with Crippen molar-refractivity contribution < 1.29 is 69.6 Å². The Labute approximate surface area is 431 Å². The second kappa shape index (κ2) is 27.4. The first-order valence-corrected chi connectivity index (χ1v) is 24.5. The van der Waals surface area contributed by atoms with Crippen LogP contribution in [0.15, 0.2) is 0 Å². The maximum Gasteiger partial charge on any atom is 0.255 e. The fourth-order valence-corrected chi connectivity index (χ4v) is 13.1. The van der Waals surface area contributed by atoms with Gasteiger partial charge < -0.3 is 71.9 Å². The average molecular weight is 1450 g/mol. The second-order valence-corrected chi connectivity index (χ2v) is 19.6. The van der Waals surface area contributed by atoms with E-state index in [2.05, 4.69) is 21.3 Å². The lowest BCUT2D eigenvalue weighted by molar-refractivity contribution is -0.126. The molecule has 0 aliphatic rings. The molecule has 0 saturated heterocycles. The van der Waals surface area contributed by atoms with Gasteiger partial charge in [-0.15, -0.1) is 0 Å². The zero-order chi connectivity index (χ0) is 48.0. The van der Waals surface area contributed by atoms with Crippen molar-refractivity contribution in [1.82, 2.24) is 20.4 Å². The number of amides is 6. The molecule has 2 rings (SSSR count). The Hall–Kier alpha value is -1.41. The predicted octanol–water partition coefficient (Wildman–Crippen LogP) is 0.561. The van der Waals surface area contributed by atoms with Crippen LogP contribution >= 0.6 is 113 Å². The summed E-state index contributed by atoms with van der Waals surface area (Å²) in [5.74, 6) is -4.47. The van der Waals surface area contributed by atoms with E-state index in [1.54, 1.807) is 6.92 Å². The molecule has 6 amide bonds. The number of carbonyl (C=O) groups excluding carboxylic acids is 6. The molecule has 25 heteroatoms. The van der Waals surface area contributed by atoms with E-state index >= 15 is 0 Å². The van der Waals surface area contributed by atoms with E-state index in [0.29, 0.717) is 25.7 Å². The monoisotopic (exact) mass is 1450 g/mol. The van der Waals surface area contributed by atoms with Gasteiger partial charge in [0.25, 0.3) is 35.4 Å². The van der Waals surface area contributed by atoms with Gasteiger partial charge in [0.05, 0.1) is 83.0 Å². The predicted molar refractivity (Wildman–Crippen MR) is 272 cm³/mol. The molecule has 0 saturated carbocycles. The maximum atomic E-state index is 14.2. The fraction of sp³-hybridized carbons (Fsp3) is 0.526. The Morgan fingerprint density at radius 3 is 1.46 bits per heavy atom. The Balaban J connectivity index is 2.49. The second-order valence-electron chi connectivity index (χ2n) is 14.2. The van der Waals surface area contributed by atoms with Gasteiger partial charge >= 0.3 is 0 Å². The number of aliphatic hydroxyl groups is 8. The lowest BCUT2D eigenvalue weighted by Gasteiger charge is -2.26. The first-order valence-electron chi connectivity index (χ1n) is 19.1. The van der Waals surface area contributed by atoms with E-state index < -0.39 is 92.3 Å². The van der Waals surface area contributed by atoms with Crippen molar-refractivity contribution in [3.8, 4) is 0 Å². The fourth-order valence-electron chi connectivity index (χ4n) is 5.98. The minimum Gasteiger partial charge on any atom is -0.394 e. The highest BCUT2D eigenvalue weighted by molar-refractivity contribution is 14.1. The quantitative estimate of drug-likeness (QED) is 0.0535. The largest absolute Gasteiger partial charge is 0.394 e. The molecule has 0 spiro atoms. The number of carbonyl (C=O) groups is 6. The van der Waals surface area contributed by atoms with E-state index in [4.69, 9.17) is 0 Å². The van der Waals surface area contributed by atoms with Crippen LogP contribution in [0.1, 0.15) is 79.6 Å². The summed E-state index contributed by atoms with van der Waals surface area (Å²) in [6.45, 7) is 0.0290. The number of benzene rings is 2. The van der Waals surface area contributed by atoms with Crippen LogP contribution in [-0.2, 0) is 9.59 Å². The van der Waals surface area contributed by atoms with Crippen LogP contribution in [0.25, 0.3) is 0 Å². The summed E-state index contributed by atoms with van der Waals surface area (Å²) in [5, 5.41) is 88.2. The van der Waals surface area contributed by atoms with Crippen LogP contribution in [0.3, 0.4) is 0 Å². The number of nitrogens with zero attached hydrogens (tertiary/aromatic N) is 2. The van der Waals surface area contributed by atoms with Crippen molar-refractivity contribution in [2.45, 2.75) is 70.0 Å². The number of aliphatic hydroxyl groups excluding tert-OH is 8. The molecular formula is C38H51I5N6O14. The van der Waals surface area contributed by atoms with Gasteiger partial charge in [0, 0.05) is 46.9 Å². The Morgan fingerprint density at radius 1 is 0.587 bits per heavy atom. The molecule has 20 nitrogen and oxygen atoms in total. The summed E-state index contributed by atoms with van der Waals surface area (Å²) in [4.78, 5) is 83.3. The van der Waals surface area contributed by atoms with Gasteiger partial charge in [0.2, 0.25) is 0 Å². The maximum absolute atomic E-state index is 14.2. The third-order valence-electron chi connectivity index (χ3n) is 9.35. The van der Waals surface area contributed by atoms with Crippen LogP contribution in [-0.4, -0.2) is 177 Å². The lowest BCUT2D eigenvalue weighted by Crippen LogP contribution is -2.39. The number of hydrogen-bond acceptors (Lipinski definition) is 14. The molecule has 352 valence electrons. The standard InChI is InChI=1S/C38H51I5N6O14/c1-5-7-17(45-36(61)22-16(2)31(46-33(58)20(56)14-52)29(42)24(26(22)39)37(62)48(3)10-18(54)12-50)8-6-9-44-35(60)23-27(40)25(38(63)49(4)11-19(55)13-51)30(43)32(28(23)41)47-34(59)21(57)15-53/h17-21,50-57H,5-15H2,1-4H3,(H,44,60)(H,45,61)(H,46,58)(H,47,59). The molecule has 0 radical (unpaired) electrons. The molecule has 0 heterocycles.